The zero-order valence-corrected chi connectivity index (χ0v) is 10.9. The fourth-order valence-corrected chi connectivity index (χ4v) is 1.96. The number of amides is 1. The van der Waals surface area contributed by atoms with Gasteiger partial charge in [0.05, 0.1) is 5.56 Å². The fraction of sp³-hybridized carbons (Fsp3) is 0.250. The van der Waals surface area contributed by atoms with Crippen molar-refractivity contribution in [1.29, 1.82) is 0 Å². The number of hydrogen-bond donors (Lipinski definition) is 1. The summed E-state index contributed by atoms with van der Waals surface area (Å²) in [7, 11) is 0. The quantitative estimate of drug-likeness (QED) is 0.912. The number of benzene rings is 1. The average Bonchev–Trinajstić information content (AvgIpc) is 3.24. The lowest BCUT2D eigenvalue weighted by Crippen LogP contribution is -2.25. The monoisotopic (exact) mass is 252 g/mol. The summed E-state index contributed by atoms with van der Waals surface area (Å²) in [6, 6.07) is 10.5. The lowest BCUT2D eigenvalue weighted by Gasteiger charge is -2.06. The first-order chi connectivity index (χ1) is 9.22. The summed E-state index contributed by atoms with van der Waals surface area (Å²) in [5, 5.41) is 2.98. The van der Waals surface area contributed by atoms with Crippen molar-refractivity contribution < 1.29 is 4.79 Å². The Kier molecular flexibility index (Phi) is 3.03. The molecule has 2 aromatic rings. The van der Waals surface area contributed by atoms with Crippen molar-refractivity contribution in [3.05, 3.63) is 53.9 Å². The number of aromatic nitrogens is 1. The van der Waals surface area contributed by atoms with E-state index in [1.807, 2.05) is 6.07 Å². The van der Waals surface area contributed by atoms with Crippen molar-refractivity contribution in [3.8, 4) is 11.1 Å². The van der Waals surface area contributed by atoms with Gasteiger partial charge in [-0.25, -0.2) is 0 Å². The first-order valence-electron chi connectivity index (χ1n) is 6.55. The molecule has 1 amide bonds. The van der Waals surface area contributed by atoms with Crippen LogP contribution in [0.15, 0.2) is 42.7 Å². The zero-order valence-electron chi connectivity index (χ0n) is 10.9. The van der Waals surface area contributed by atoms with Crippen LogP contribution in [0.1, 0.15) is 28.8 Å². The molecule has 3 rings (SSSR count). The third-order valence-electron chi connectivity index (χ3n) is 3.30. The van der Waals surface area contributed by atoms with E-state index in [4.69, 9.17) is 0 Å². The number of hydrogen-bond acceptors (Lipinski definition) is 2. The molecular weight excluding hydrogens is 236 g/mol. The Labute approximate surface area is 112 Å². The summed E-state index contributed by atoms with van der Waals surface area (Å²) in [6.45, 7) is 2.06. The molecule has 1 aliphatic rings. The third kappa shape index (κ3) is 2.81. The summed E-state index contributed by atoms with van der Waals surface area (Å²) in [6.07, 6.45) is 5.60. The van der Waals surface area contributed by atoms with Crippen LogP contribution in [0.4, 0.5) is 0 Å². The predicted molar refractivity (Wildman–Crippen MR) is 74.9 cm³/mol. The van der Waals surface area contributed by atoms with E-state index < -0.39 is 0 Å². The van der Waals surface area contributed by atoms with Crippen LogP contribution in [0.25, 0.3) is 11.1 Å². The standard InChI is InChI=1S/C16H16N2O/c1-11-2-4-12(5-3-11)13-8-14(10-17-9-13)16(19)18-15-6-7-15/h2-5,8-10,15H,6-7H2,1H3,(H,18,19). The minimum atomic E-state index is -0.0241. The molecule has 0 unspecified atom stereocenters. The van der Waals surface area contributed by atoms with E-state index in [9.17, 15) is 4.79 Å². The highest BCUT2D eigenvalue weighted by Gasteiger charge is 2.23. The van der Waals surface area contributed by atoms with Crippen LogP contribution in [-0.2, 0) is 0 Å². The second kappa shape index (κ2) is 4.84. The Morgan fingerprint density at radius 1 is 1.16 bits per heavy atom. The predicted octanol–water partition coefficient (Wildman–Crippen LogP) is 2.95. The third-order valence-corrected chi connectivity index (χ3v) is 3.30. The molecule has 0 atom stereocenters. The minimum Gasteiger partial charge on any atom is -0.349 e. The number of rotatable bonds is 3. The first kappa shape index (κ1) is 11.9. The largest absolute Gasteiger partial charge is 0.349 e. The van der Waals surface area contributed by atoms with Gasteiger partial charge in [-0.1, -0.05) is 29.8 Å². The summed E-state index contributed by atoms with van der Waals surface area (Å²) in [4.78, 5) is 16.2. The molecular formula is C16H16N2O. The van der Waals surface area contributed by atoms with Crippen molar-refractivity contribution in [1.82, 2.24) is 10.3 Å². The Balaban J connectivity index is 1.86. The number of nitrogens with one attached hydrogen (secondary N) is 1. The Hall–Kier alpha value is -2.16. The van der Waals surface area contributed by atoms with Crippen LogP contribution in [-0.4, -0.2) is 16.9 Å². The first-order valence-corrected chi connectivity index (χ1v) is 6.55. The van der Waals surface area contributed by atoms with Crippen LogP contribution in [0.2, 0.25) is 0 Å². The van der Waals surface area contributed by atoms with Crippen LogP contribution in [0.5, 0.6) is 0 Å². The average molecular weight is 252 g/mol. The summed E-state index contributed by atoms with van der Waals surface area (Å²) in [5.41, 5.74) is 3.91. The molecule has 1 saturated carbocycles. The molecule has 0 radical (unpaired) electrons. The van der Waals surface area contributed by atoms with Crippen molar-refractivity contribution in [2.24, 2.45) is 0 Å². The van der Waals surface area contributed by atoms with Gasteiger partial charge in [-0.3, -0.25) is 9.78 Å². The second-order valence-electron chi connectivity index (χ2n) is 5.08. The van der Waals surface area contributed by atoms with Gasteiger partial charge in [0.1, 0.15) is 0 Å². The highest BCUT2D eigenvalue weighted by molar-refractivity contribution is 5.95. The maximum atomic E-state index is 12.0. The second-order valence-corrected chi connectivity index (χ2v) is 5.08. The molecule has 0 spiro atoms. The highest BCUT2D eigenvalue weighted by Crippen LogP contribution is 2.22. The van der Waals surface area contributed by atoms with Gasteiger partial charge < -0.3 is 5.32 Å². The van der Waals surface area contributed by atoms with E-state index in [1.54, 1.807) is 12.4 Å². The Bertz CT molecular complexity index is 600. The molecule has 0 aliphatic heterocycles. The van der Waals surface area contributed by atoms with Crippen LogP contribution in [0, 0.1) is 6.92 Å². The summed E-state index contributed by atoms with van der Waals surface area (Å²) < 4.78 is 0. The molecule has 0 bridgehead atoms. The Morgan fingerprint density at radius 3 is 2.58 bits per heavy atom. The van der Waals surface area contributed by atoms with Crippen molar-refractivity contribution in [3.63, 3.8) is 0 Å². The van der Waals surface area contributed by atoms with Gasteiger partial charge in [0.25, 0.3) is 5.91 Å². The van der Waals surface area contributed by atoms with E-state index >= 15 is 0 Å². The maximum Gasteiger partial charge on any atom is 0.253 e. The molecule has 1 aliphatic carbocycles. The molecule has 1 aromatic heterocycles. The topological polar surface area (TPSA) is 42.0 Å². The Morgan fingerprint density at radius 2 is 1.89 bits per heavy atom. The van der Waals surface area contributed by atoms with E-state index in [0.29, 0.717) is 11.6 Å². The lowest BCUT2D eigenvalue weighted by molar-refractivity contribution is 0.0951. The van der Waals surface area contributed by atoms with Crippen molar-refractivity contribution in [2.45, 2.75) is 25.8 Å². The van der Waals surface area contributed by atoms with Crippen molar-refractivity contribution in [2.75, 3.05) is 0 Å². The van der Waals surface area contributed by atoms with Crippen LogP contribution >= 0.6 is 0 Å². The number of aryl methyl sites for hydroxylation is 1. The van der Waals surface area contributed by atoms with Crippen LogP contribution in [0.3, 0.4) is 0 Å². The van der Waals surface area contributed by atoms with E-state index in [2.05, 4.69) is 41.5 Å². The molecule has 1 heterocycles. The van der Waals surface area contributed by atoms with E-state index in [-0.39, 0.29) is 5.91 Å². The number of pyridine rings is 1. The highest BCUT2D eigenvalue weighted by atomic mass is 16.1. The van der Waals surface area contributed by atoms with Crippen LogP contribution < -0.4 is 5.32 Å². The molecule has 1 N–H and O–H groups in total. The molecule has 19 heavy (non-hydrogen) atoms. The zero-order chi connectivity index (χ0) is 13.2. The van der Waals surface area contributed by atoms with E-state index in [1.165, 1.54) is 5.56 Å². The van der Waals surface area contributed by atoms with Gasteiger partial charge in [0.15, 0.2) is 0 Å². The number of nitrogens with zero attached hydrogens (tertiary/aromatic N) is 1. The molecule has 0 saturated heterocycles. The number of carbonyl (C=O) groups is 1. The number of carbonyl (C=O) groups excluding carboxylic acids is 1. The van der Waals surface area contributed by atoms with Crippen molar-refractivity contribution >= 4 is 5.91 Å². The van der Waals surface area contributed by atoms with E-state index in [0.717, 1.165) is 24.0 Å². The molecule has 3 heteroatoms. The molecule has 96 valence electrons. The summed E-state index contributed by atoms with van der Waals surface area (Å²) in [5.74, 6) is -0.0241. The maximum absolute atomic E-state index is 12.0. The SMILES string of the molecule is Cc1ccc(-c2cncc(C(=O)NC3CC3)c2)cc1. The van der Waals surface area contributed by atoms with Gasteiger partial charge in [0.2, 0.25) is 0 Å². The normalized spacial score (nSPS) is 14.2. The minimum absolute atomic E-state index is 0.0241. The van der Waals surface area contributed by atoms with Gasteiger partial charge in [-0.05, 0) is 31.4 Å². The summed E-state index contributed by atoms with van der Waals surface area (Å²) >= 11 is 0. The molecule has 1 aromatic carbocycles. The van der Waals surface area contributed by atoms with Gasteiger partial charge >= 0.3 is 0 Å². The fourth-order valence-electron chi connectivity index (χ4n) is 1.96. The lowest BCUT2D eigenvalue weighted by atomic mass is 10.0. The smallest absolute Gasteiger partial charge is 0.253 e. The van der Waals surface area contributed by atoms with Gasteiger partial charge in [-0.2, -0.15) is 0 Å². The van der Waals surface area contributed by atoms with Gasteiger partial charge in [0, 0.05) is 24.0 Å². The molecule has 1 fully saturated rings. The van der Waals surface area contributed by atoms with Gasteiger partial charge in [-0.15, -0.1) is 0 Å². The molecule has 3 nitrogen and oxygen atoms in total.